The van der Waals surface area contributed by atoms with Crippen molar-refractivity contribution in [1.29, 1.82) is 0 Å². The Kier molecular flexibility index (Phi) is 5.35. The van der Waals surface area contributed by atoms with Crippen molar-refractivity contribution in [3.63, 3.8) is 0 Å². The summed E-state index contributed by atoms with van der Waals surface area (Å²) in [5, 5.41) is 19.8. The molecular weight excluding hydrogens is 228 g/mol. The van der Waals surface area contributed by atoms with Gasteiger partial charge >= 0.3 is 5.97 Å². The van der Waals surface area contributed by atoms with Crippen LogP contribution in [0.4, 0.5) is 0 Å². The number of rotatable bonds is 7. The van der Waals surface area contributed by atoms with Gasteiger partial charge in [-0.3, -0.25) is 4.79 Å². The van der Waals surface area contributed by atoms with Gasteiger partial charge in [0.2, 0.25) is 0 Å². The number of hydrogen-bond donors (Lipinski definition) is 2. The summed E-state index contributed by atoms with van der Waals surface area (Å²) in [6.07, 6.45) is 3.42. The van der Waals surface area contributed by atoms with Crippen molar-refractivity contribution in [1.82, 2.24) is 0 Å². The van der Waals surface area contributed by atoms with Crippen molar-refractivity contribution in [3.8, 4) is 0 Å². The molecule has 18 heavy (non-hydrogen) atoms. The lowest BCUT2D eigenvalue weighted by atomic mass is 9.80. The zero-order chi connectivity index (χ0) is 13.6. The van der Waals surface area contributed by atoms with Crippen LogP contribution in [0, 0.1) is 0 Å². The fraction of sp³-hybridized carbons (Fsp3) is 0.533. The highest BCUT2D eigenvalue weighted by atomic mass is 16.4. The van der Waals surface area contributed by atoms with E-state index in [1.54, 1.807) is 31.2 Å². The molecule has 1 aromatic rings. The minimum absolute atomic E-state index is 0.507. The monoisotopic (exact) mass is 250 g/mol. The quantitative estimate of drug-likeness (QED) is 0.731. The van der Waals surface area contributed by atoms with E-state index in [2.05, 4.69) is 6.92 Å². The van der Waals surface area contributed by atoms with Gasteiger partial charge in [-0.05, 0) is 18.9 Å². The molecule has 1 rings (SSSR count). The fourth-order valence-corrected chi connectivity index (χ4v) is 2.29. The van der Waals surface area contributed by atoms with Gasteiger partial charge in [0.05, 0.1) is 5.60 Å². The van der Waals surface area contributed by atoms with Crippen LogP contribution in [-0.2, 0) is 4.79 Å². The van der Waals surface area contributed by atoms with Crippen molar-refractivity contribution in [2.45, 2.75) is 51.0 Å². The van der Waals surface area contributed by atoms with E-state index in [1.165, 1.54) is 0 Å². The molecule has 0 radical (unpaired) electrons. The maximum Gasteiger partial charge on any atom is 0.313 e. The Morgan fingerprint density at radius 1 is 1.28 bits per heavy atom. The third-order valence-corrected chi connectivity index (χ3v) is 3.29. The Morgan fingerprint density at radius 3 is 2.39 bits per heavy atom. The second-order valence-corrected chi connectivity index (χ2v) is 5.00. The molecule has 1 aromatic carbocycles. The predicted octanol–water partition coefficient (Wildman–Crippen LogP) is 3.19. The van der Waals surface area contributed by atoms with Gasteiger partial charge in [0.1, 0.15) is 5.92 Å². The third kappa shape index (κ3) is 3.84. The van der Waals surface area contributed by atoms with E-state index < -0.39 is 17.5 Å². The maximum absolute atomic E-state index is 11.4. The Bertz CT molecular complexity index is 371. The topological polar surface area (TPSA) is 57.5 Å². The normalized spacial score (nSPS) is 15.9. The van der Waals surface area contributed by atoms with Gasteiger partial charge in [-0.1, -0.05) is 56.5 Å². The molecule has 0 heterocycles. The van der Waals surface area contributed by atoms with Gasteiger partial charge in [-0.25, -0.2) is 0 Å². The molecule has 0 aliphatic heterocycles. The molecule has 0 amide bonds. The Balaban J connectivity index is 2.88. The summed E-state index contributed by atoms with van der Waals surface area (Å²) in [5.74, 6) is -1.83. The summed E-state index contributed by atoms with van der Waals surface area (Å²) in [5.41, 5.74) is -0.547. The number of carboxylic acids is 1. The van der Waals surface area contributed by atoms with Gasteiger partial charge in [0.15, 0.2) is 0 Å². The minimum atomic E-state index is -1.21. The molecule has 0 fully saturated rings. The lowest BCUT2D eigenvalue weighted by Crippen LogP contribution is -2.37. The number of aliphatic carboxylic acids is 1. The Labute approximate surface area is 108 Å². The van der Waals surface area contributed by atoms with Gasteiger partial charge in [0, 0.05) is 0 Å². The fourth-order valence-electron chi connectivity index (χ4n) is 2.29. The van der Waals surface area contributed by atoms with Crippen LogP contribution in [0.3, 0.4) is 0 Å². The highest BCUT2D eigenvalue weighted by Gasteiger charge is 2.38. The number of carboxylic acid groups (broad SMARTS) is 1. The molecule has 0 aliphatic carbocycles. The third-order valence-electron chi connectivity index (χ3n) is 3.29. The van der Waals surface area contributed by atoms with Crippen molar-refractivity contribution in [2.24, 2.45) is 0 Å². The predicted molar refractivity (Wildman–Crippen MR) is 71.6 cm³/mol. The summed E-state index contributed by atoms with van der Waals surface area (Å²) >= 11 is 0. The summed E-state index contributed by atoms with van der Waals surface area (Å²) < 4.78 is 0. The van der Waals surface area contributed by atoms with Crippen molar-refractivity contribution >= 4 is 5.97 Å². The average molecular weight is 250 g/mol. The molecule has 0 unspecified atom stereocenters. The second-order valence-electron chi connectivity index (χ2n) is 5.00. The lowest BCUT2D eigenvalue weighted by molar-refractivity contribution is -0.145. The summed E-state index contributed by atoms with van der Waals surface area (Å²) in [6.45, 7) is 3.70. The number of benzene rings is 1. The van der Waals surface area contributed by atoms with Crippen LogP contribution in [-0.4, -0.2) is 21.8 Å². The van der Waals surface area contributed by atoms with Crippen LogP contribution < -0.4 is 0 Å². The Hall–Kier alpha value is -1.35. The van der Waals surface area contributed by atoms with Crippen LogP contribution >= 0.6 is 0 Å². The van der Waals surface area contributed by atoms with Gasteiger partial charge in [-0.15, -0.1) is 0 Å². The molecule has 100 valence electrons. The number of unbranched alkanes of at least 4 members (excludes halogenated alkanes) is 2. The van der Waals surface area contributed by atoms with Crippen molar-refractivity contribution in [3.05, 3.63) is 35.9 Å². The first-order valence-corrected chi connectivity index (χ1v) is 6.49. The summed E-state index contributed by atoms with van der Waals surface area (Å²) in [4.78, 5) is 11.4. The molecule has 0 spiro atoms. The van der Waals surface area contributed by atoms with E-state index in [1.807, 2.05) is 6.07 Å². The van der Waals surface area contributed by atoms with E-state index in [-0.39, 0.29) is 0 Å². The molecule has 3 heteroatoms. The van der Waals surface area contributed by atoms with Gasteiger partial charge in [0.25, 0.3) is 0 Å². The van der Waals surface area contributed by atoms with Gasteiger partial charge < -0.3 is 10.2 Å². The molecule has 2 atom stereocenters. The highest BCUT2D eigenvalue weighted by molar-refractivity contribution is 5.77. The van der Waals surface area contributed by atoms with Crippen LogP contribution in [0.2, 0.25) is 0 Å². The average Bonchev–Trinajstić information content (AvgIpc) is 2.29. The lowest BCUT2D eigenvalue weighted by Gasteiger charge is -2.30. The molecule has 2 N–H and O–H groups in total. The first-order chi connectivity index (χ1) is 8.49. The first kappa shape index (κ1) is 14.7. The zero-order valence-corrected chi connectivity index (χ0v) is 11.1. The number of carbonyl (C=O) groups is 1. The molecule has 0 aromatic heterocycles. The van der Waals surface area contributed by atoms with E-state index in [0.29, 0.717) is 12.0 Å². The SMILES string of the molecule is CCCCC[C@@](C)(O)[C@H](C(=O)O)c1ccccc1. The van der Waals surface area contributed by atoms with Crippen LogP contribution in [0.5, 0.6) is 0 Å². The zero-order valence-electron chi connectivity index (χ0n) is 11.1. The number of hydrogen-bond acceptors (Lipinski definition) is 2. The first-order valence-electron chi connectivity index (χ1n) is 6.49. The van der Waals surface area contributed by atoms with Crippen LogP contribution in [0.15, 0.2) is 30.3 Å². The van der Waals surface area contributed by atoms with Crippen LogP contribution in [0.25, 0.3) is 0 Å². The highest BCUT2D eigenvalue weighted by Crippen LogP contribution is 2.32. The van der Waals surface area contributed by atoms with E-state index in [4.69, 9.17) is 0 Å². The molecule has 0 bridgehead atoms. The van der Waals surface area contributed by atoms with Crippen molar-refractivity contribution < 1.29 is 15.0 Å². The van der Waals surface area contributed by atoms with E-state index in [0.717, 1.165) is 19.3 Å². The molecule has 3 nitrogen and oxygen atoms in total. The van der Waals surface area contributed by atoms with Crippen molar-refractivity contribution in [2.75, 3.05) is 0 Å². The summed E-state index contributed by atoms with van der Waals surface area (Å²) in [7, 11) is 0. The Morgan fingerprint density at radius 2 is 1.89 bits per heavy atom. The largest absolute Gasteiger partial charge is 0.481 e. The van der Waals surface area contributed by atoms with Crippen LogP contribution in [0.1, 0.15) is 51.0 Å². The molecule has 0 saturated carbocycles. The number of aliphatic hydroxyl groups is 1. The molecular formula is C15H22O3. The molecule has 0 aliphatic rings. The minimum Gasteiger partial charge on any atom is -0.481 e. The van der Waals surface area contributed by atoms with E-state index >= 15 is 0 Å². The second kappa shape index (κ2) is 6.55. The maximum atomic E-state index is 11.4. The van der Waals surface area contributed by atoms with Gasteiger partial charge in [-0.2, -0.15) is 0 Å². The smallest absolute Gasteiger partial charge is 0.313 e. The standard InChI is InChI=1S/C15H22O3/c1-3-4-8-11-15(2,18)13(14(16)17)12-9-6-5-7-10-12/h5-7,9-10,13,18H,3-4,8,11H2,1-2H3,(H,16,17)/t13-,15+/m0/s1. The molecule has 0 saturated heterocycles. The van der Waals surface area contributed by atoms with E-state index in [9.17, 15) is 15.0 Å². The summed E-state index contributed by atoms with van der Waals surface area (Å²) in [6, 6.07) is 8.95.